The summed E-state index contributed by atoms with van der Waals surface area (Å²) in [7, 11) is 0. The Kier molecular flexibility index (Phi) is 2.12. The smallest absolute Gasteiger partial charge is 0.152 e. The predicted octanol–water partition coefficient (Wildman–Crippen LogP) is 1.56. The van der Waals surface area contributed by atoms with Crippen molar-refractivity contribution < 1.29 is 4.58 Å². The third-order valence-corrected chi connectivity index (χ3v) is 2.79. The largest absolute Gasteiger partial charge is 0.237 e. The van der Waals surface area contributed by atoms with Crippen LogP contribution in [0.5, 0.6) is 0 Å². The maximum atomic E-state index is 8.77. The van der Waals surface area contributed by atoms with Crippen LogP contribution in [-0.2, 0) is 0 Å². The first kappa shape index (κ1) is 7.79. The maximum absolute atomic E-state index is 8.77. The minimum atomic E-state index is 0.286. The van der Waals surface area contributed by atoms with E-state index in [0.717, 1.165) is 18.9 Å². The van der Waals surface area contributed by atoms with Crippen molar-refractivity contribution in [3.05, 3.63) is 0 Å². The summed E-state index contributed by atoms with van der Waals surface area (Å²) in [6.45, 7) is 1.18. The lowest BCUT2D eigenvalue weighted by molar-refractivity contribution is -0.537. The SMILES string of the molecule is N#CC1CC=[N+](C2CC2)CCC1. The van der Waals surface area contributed by atoms with Crippen molar-refractivity contribution >= 4 is 6.21 Å². The normalized spacial score (nSPS) is 30.2. The monoisotopic (exact) mass is 163 g/mol. The van der Waals surface area contributed by atoms with Crippen LogP contribution in [0.15, 0.2) is 0 Å². The molecule has 2 rings (SSSR count). The average molecular weight is 163 g/mol. The van der Waals surface area contributed by atoms with E-state index in [0.29, 0.717) is 0 Å². The highest BCUT2D eigenvalue weighted by Crippen LogP contribution is 2.25. The number of rotatable bonds is 1. The number of nitriles is 1. The molecule has 0 aromatic carbocycles. The minimum absolute atomic E-state index is 0.286. The molecule has 1 fully saturated rings. The van der Waals surface area contributed by atoms with Gasteiger partial charge in [0.2, 0.25) is 0 Å². The van der Waals surface area contributed by atoms with Crippen LogP contribution < -0.4 is 0 Å². The summed E-state index contributed by atoms with van der Waals surface area (Å²) in [5, 5.41) is 8.77. The molecule has 12 heavy (non-hydrogen) atoms. The Morgan fingerprint density at radius 2 is 2.17 bits per heavy atom. The zero-order valence-electron chi connectivity index (χ0n) is 7.37. The fraction of sp³-hybridized carbons (Fsp3) is 0.800. The molecule has 1 atom stereocenters. The molecule has 0 bridgehead atoms. The third-order valence-electron chi connectivity index (χ3n) is 2.79. The molecule has 0 N–H and O–H groups in total. The lowest BCUT2D eigenvalue weighted by atomic mass is 10.0. The molecule has 1 saturated carbocycles. The molecule has 1 aliphatic carbocycles. The second-order valence-electron chi connectivity index (χ2n) is 3.86. The Morgan fingerprint density at radius 1 is 1.33 bits per heavy atom. The second-order valence-corrected chi connectivity index (χ2v) is 3.86. The molecule has 2 aliphatic rings. The molecule has 2 heteroatoms. The average Bonchev–Trinajstić information content (AvgIpc) is 2.91. The van der Waals surface area contributed by atoms with Crippen LogP contribution in [0, 0.1) is 17.2 Å². The van der Waals surface area contributed by atoms with Crippen molar-refractivity contribution in [2.24, 2.45) is 5.92 Å². The highest BCUT2D eigenvalue weighted by molar-refractivity contribution is 5.52. The molecule has 0 radical (unpaired) electrons. The highest BCUT2D eigenvalue weighted by Gasteiger charge is 2.33. The topological polar surface area (TPSA) is 26.8 Å². The summed E-state index contributed by atoms with van der Waals surface area (Å²) in [6.07, 6.45) is 8.27. The van der Waals surface area contributed by atoms with Crippen LogP contribution >= 0.6 is 0 Å². The van der Waals surface area contributed by atoms with Gasteiger partial charge in [-0.25, -0.2) is 4.58 Å². The molecule has 1 heterocycles. The second kappa shape index (κ2) is 3.26. The van der Waals surface area contributed by atoms with Gasteiger partial charge in [0.05, 0.1) is 12.0 Å². The van der Waals surface area contributed by atoms with Crippen molar-refractivity contribution in [1.82, 2.24) is 0 Å². The summed E-state index contributed by atoms with van der Waals surface area (Å²) in [4.78, 5) is 0. The molecule has 0 spiro atoms. The Hall–Kier alpha value is -0.840. The van der Waals surface area contributed by atoms with Gasteiger partial charge in [-0.3, -0.25) is 0 Å². The number of hydrogen-bond donors (Lipinski definition) is 0. The zero-order valence-corrected chi connectivity index (χ0v) is 7.37. The van der Waals surface area contributed by atoms with E-state index in [1.165, 1.54) is 25.8 Å². The van der Waals surface area contributed by atoms with Crippen LogP contribution in [0.4, 0.5) is 0 Å². The van der Waals surface area contributed by atoms with Gasteiger partial charge < -0.3 is 0 Å². The summed E-state index contributed by atoms with van der Waals surface area (Å²) >= 11 is 0. The van der Waals surface area contributed by atoms with E-state index in [1.807, 2.05) is 0 Å². The van der Waals surface area contributed by atoms with Crippen LogP contribution in [0.25, 0.3) is 0 Å². The van der Waals surface area contributed by atoms with Crippen molar-refractivity contribution in [1.29, 1.82) is 5.26 Å². The van der Waals surface area contributed by atoms with Gasteiger partial charge in [0.15, 0.2) is 6.04 Å². The fourth-order valence-electron chi connectivity index (χ4n) is 1.85. The van der Waals surface area contributed by atoms with E-state index < -0.39 is 0 Å². The molecular formula is C10H15N2+. The first-order valence-corrected chi connectivity index (χ1v) is 4.89. The Labute approximate surface area is 73.5 Å². The molecule has 0 aromatic heterocycles. The molecule has 2 nitrogen and oxygen atoms in total. The first-order chi connectivity index (χ1) is 5.90. The minimum Gasteiger partial charge on any atom is -0.237 e. The lowest BCUT2D eigenvalue weighted by Gasteiger charge is -1.97. The molecular weight excluding hydrogens is 148 g/mol. The van der Waals surface area contributed by atoms with Crippen LogP contribution in [0.2, 0.25) is 0 Å². The van der Waals surface area contributed by atoms with Gasteiger partial charge in [-0.15, -0.1) is 0 Å². The molecule has 0 amide bonds. The van der Waals surface area contributed by atoms with Gasteiger partial charge in [-0.2, -0.15) is 5.26 Å². The molecule has 1 unspecified atom stereocenters. The van der Waals surface area contributed by atoms with E-state index in [4.69, 9.17) is 5.26 Å². The number of hydrogen-bond acceptors (Lipinski definition) is 1. The summed E-state index contributed by atoms with van der Waals surface area (Å²) in [5.74, 6) is 0.286. The van der Waals surface area contributed by atoms with Gasteiger partial charge >= 0.3 is 0 Å². The summed E-state index contributed by atoms with van der Waals surface area (Å²) in [6, 6.07) is 3.20. The van der Waals surface area contributed by atoms with E-state index >= 15 is 0 Å². The molecule has 64 valence electrons. The van der Waals surface area contributed by atoms with E-state index in [-0.39, 0.29) is 5.92 Å². The van der Waals surface area contributed by atoms with Gasteiger partial charge in [0, 0.05) is 25.7 Å². The molecule has 1 aliphatic heterocycles. The van der Waals surface area contributed by atoms with Crippen molar-refractivity contribution in [3.63, 3.8) is 0 Å². The maximum Gasteiger partial charge on any atom is 0.152 e. The zero-order chi connectivity index (χ0) is 8.39. The first-order valence-electron chi connectivity index (χ1n) is 4.89. The Bertz CT molecular complexity index is 233. The van der Waals surface area contributed by atoms with E-state index in [2.05, 4.69) is 16.9 Å². The van der Waals surface area contributed by atoms with Crippen molar-refractivity contribution in [2.75, 3.05) is 6.54 Å². The van der Waals surface area contributed by atoms with Crippen LogP contribution in [0.1, 0.15) is 32.1 Å². The Morgan fingerprint density at radius 3 is 2.83 bits per heavy atom. The Balaban J connectivity index is 1.98. The van der Waals surface area contributed by atoms with Gasteiger partial charge in [-0.1, -0.05) is 0 Å². The number of nitrogens with zero attached hydrogens (tertiary/aromatic N) is 2. The standard InChI is InChI=1S/C10H15N2/c11-8-9-2-1-6-12(7-5-9)10-3-4-10/h7,9-10H,1-6H2/q+1. The quantitative estimate of drug-likeness (QED) is 0.539. The van der Waals surface area contributed by atoms with Gasteiger partial charge in [0.1, 0.15) is 12.8 Å². The summed E-state index contributed by atoms with van der Waals surface area (Å²) in [5.41, 5.74) is 0. The predicted molar refractivity (Wildman–Crippen MR) is 47.2 cm³/mol. The molecule has 0 saturated heterocycles. The van der Waals surface area contributed by atoms with Crippen molar-refractivity contribution in [2.45, 2.75) is 38.1 Å². The van der Waals surface area contributed by atoms with E-state index in [9.17, 15) is 0 Å². The van der Waals surface area contributed by atoms with Gasteiger partial charge in [0.25, 0.3) is 0 Å². The van der Waals surface area contributed by atoms with E-state index in [1.54, 1.807) is 0 Å². The lowest BCUT2D eigenvalue weighted by Crippen LogP contribution is -2.15. The van der Waals surface area contributed by atoms with Crippen LogP contribution in [-0.4, -0.2) is 23.4 Å². The summed E-state index contributed by atoms with van der Waals surface area (Å²) < 4.78 is 2.46. The molecule has 0 aromatic rings. The van der Waals surface area contributed by atoms with Crippen molar-refractivity contribution in [3.8, 4) is 6.07 Å². The highest BCUT2D eigenvalue weighted by atomic mass is 15.1. The third kappa shape index (κ3) is 1.66. The fourth-order valence-corrected chi connectivity index (χ4v) is 1.85. The van der Waals surface area contributed by atoms with Gasteiger partial charge in [-0.05, 0) is 6.42 Å². The van der Waals surface area contributed by atoms with Crippen LogP contribution in [0.3, 0.4) is 0 Å².